The van der Waals surface area contributed by atoms with Crippen molar-refractivity contribution in [2.24, 2.45) is 5.73 Å². The van der Waals surface area contributed by atoms with Crippen LogP contribution < -0.4 is 5.73 Å². The van der Waals surface area contributed by atoms with E-state index < -0.39 is 0 Å². The van der Waals surface area contributed by atoms with Gasteiger partial charge in [0.05, 0.1) is 6.42 Å². The second kappa shape index (κ2) is 5.93. The maximum Gasteiger partial charge on any atom is 0.221 e. The van der Waals surface area contributed by atoms with Crippen molar-refractivity contribution >= 4 is 16.8 Å². The number of phenolic OH excluding ortho intramolecular Hbond substituents is 1. The number of fused-ring (bicyclic) bond motifs is 1. The van der Waals surface area contributed by atoms with Gasteiger partial charge in [-0.1, -0.05) is 30.3 Å². The molecular weight excluding hydrogens is 276 g/mol. The van der Waals surface area contributed by atoms with Crippen LogP contribution in [0.5, 0.6) is 5.75 Å². The molecule has 4 heteroatoms. The van der Waals surface area contributed by atoms with Crippen LogP contribution in [0.25, 0.3) is 10.9 Å². The quantitative estimate of drug-likeness (QED) is 0.759. The number of aromatic nitrogens is 1. The molecule has 0 spiro atoms. The van der Waals surface area contributed by atoms with Crippen molar-refractivity contribution in [3.05, 3.63) is 65.9 Å². The fourth-order valence-corrected chi connectivity index (χ4v) is 2.77. The Morgan fingerprint density at radius 2 is 1.91 bits per heavy atom. The molecule has 3 aromatic rings. The number of benzene rings is 2. The zero-order chi connectivity index (χ0) is 15.5. The van der Waals surface area contributed by atoms with Gasteiger partial charge in [-0.25, -0.2) is 0 Å². The average molecular weight is 294 g/mol. The average Bonchev–Trinajstić information content (AvgIpc) is 2.83. The minimum Gasteiger partial charge on any atom is -0.508 e. The van der Waals surface area contributed by atoms with E-state index in [1.807, 2.05) is 30.5 Å². The summed E-state index contributed by atoms with van der Waals surface area (Å²) in [5.41, 5.74) is 8.44. The van der Waals surface area contributed by atoms with Crippen molar-refractivity contribution in [2.75, 3.05) is 0 Å². The molecule has 0 saturated heterocycles. The van der Waals surface area contributed by atoms with E-state index in [1.165, 1.54) is 5.56 Å². The number of rotatable bonds is 5. The highest BCUT2D eigenvalue weighted by molar-refractivity contribution is 5.89. The molecule has 0 unspecified atom stereocenters. The number of aromatic hydroxyl groups is 1. The molecule has 0 bridgehead atoms. The SMILES string of the molecule is NC(=O)Cc1cn(CCc2ccccc2)c2ccc(O)cc12. The van der Waals surface area contributed by atoms with E-state index in [2.05, 4.69) is 16.7 Å². The first kappa shape index (κ1) is 14.2. The first-order chi connectivity index (χ1) is 10.6. The second-order valence-corrected chi connectivity index (χ2v) is 5.43. The number of amides is 1. The van der Waals surface area contributed by atoms with Crippen LogP contribution in [0.3, 0.4) is 0 Å². The second-order valence-electron chi connectivity index (χ2n) is 5.43. The molecule has 0 saturated carbocycles. The van der Waals surface area contributed by atoms with Gasteiger partial charge in [0.15, 0.2) is 0 Å². The molecule has 0 atom stereocenters. The Balaban J connectivity index is 1.93. The van der Waals surface area contributed by atoms with Crippen molar-refractivity contribution in [3.8, 4) is 5.75 Å². The van der Waals surface area contributed by atoms with Crippen LogP contribution in [-0.4, -0.2) is 15.6 Å². The largest absolute Gasteiger partial charge is 0.508 e. The molecular formula is C18H18N2O2. The maximum atomic E-state index is 11.2. The molecule has 3 rings (SSSR count). The molecule has 0 radical (unpaired) electrons. The van der Waals surface area contributed by atoms with Crippen molar-refractivity contribution < 1.29 is 9.90 Å². The van der Waals surface area contributed by atoms with Gasteiger partial charge in [0, 0.05) is 23.6 Å². The van der Waals surface area contributed by atoms with Crippen LogP contribution in [0.1, 0.15) is 11.1 Å². The van der Waals surface area contributed by atoms with Gasteiger partial charge in [-0.05, 0) is 35.7 Å². The molecule has 22 heavy (non-hydrogen) atoms. The third-order valence-corrected chi connectivity index (χ3v) is 3.80. The number of hydrogen-bond donors (Lipinski definition) is 2. The van der Waals surface area contributed by atoms with Crippen LogP contribution in [0.2, 0.25) is 0 Å². The Kier molecular flexibility index (Phi) is 3.83. The first-order valence-corrected chi connectivity index (χ1v) is 7.26. The summed E-state index contributed by atoms with van der Waals surface area (Å²) in [5.74, 6) is -0.176. The van der Waals surface area contributed by atoms with E-state index in [9.17, 15) is 9.90 Å². The highest BCUT2D eigenvalue weighted by atomic mass is 16.3. The molecule has 0 aliphatic heterocycles. The van der Waals surface area contributed by atoms with Crippen LogP contribution in [0.4, 0.5) is 0 Å². The monoisotopic (exact) mass is 294 g/mol. The minimum atomic E-state index is -0.370. The van der Waals surface area contributed by atoms with Gasteiger partial charge < -0.3 is 15.4 Å². The predicted octanol–water partition coefficient (Wildman–Crippen LogP) is 2.62. The van der Waals surface area contributed by atoms with Gasteiger partial charge in [0.25, 0.3) is 0 Å². The lowest BCUT2D eigenvalue weighted by atomic mass is 10.1. The zero-order valence-electron chi connectivity index (χ0n) is 12.2. The van der Waals surface area contributed by atoms with Crippen LogP contribution >= 0.6 is 0 Å². The molecule has 1 heterocycles. The molecule has 3 N–H and O–H groups in total. The van der Waals surface area contributed by atoms with Crippen molar-refractivity contribution in [1.29, 1.82) is 0 Å². The lowest BCUT2D eigenvalue weighted by Gasteiger charge is -2.05. The van der Waals surface area contributed by atoms with Crippen molar-refractivity contribution in [3.63, 3.8) is 0 Å². The Bertz CT molecular complexity index is 807. The summed E-state index contributed by atoms with van der Waals surface area (Å²) >= 11 is 0. The predicted molar refractivity (Wildman–Crippen MR) is 86.6 cm³/mol. The van der Waals surface area contributed by atoms with Crippen LogP contribution in [0, 0.1) is 0 Å². The third-order valence-electron chi connectivity index (χ3n) is 3.80. The summed E-state index contributed by atoms with van der Waals surface area (Å²) in [6.45, 7) is 0.810. The van der Waals surface area contributed by atoms with Gasteiger partial charge >= 0.3 is 0 Å². The van der Waals surface area contributed by atoms with Gasteiger partial charge in [-0.15, -0.1) is 0 Å². The van der Waals surface area contributed by atoms with Gasteiger partial charge in [-0.2, -0.15) is 0 Å². The molecule has 112 valence electrons. The van der Waals surface area contributed by atoms with E-state index in [0.29, 0.717) is 0 Å². The highest BCUT2D eigenvalue weighted by Crippen LogP contribution is 2.26. The normalized spacial score (nSPS) is 10.9. The van der Waals surface area contributed by atoms with Crippen molar-refractivity contribution in [1.82, 2.24) is 4.57 Å². The molecule has 2 aromatic carbocycles. The number of primary amides is 1. The van der Waals surface area contributed by atoms with Crippen molar-refractivity contribution in [2.45, 2.75) is 19.4 Å². The number of nitrogens with zero attached hydrogens (tertiary/aromatic N) is 1. The van der Waals surface area contributed by atoms with Gasteiger partial charge in [0.1, 0.15) is 5.75 Å². The summed E-state index contributed by atoms with van der Waals surface area (Å²) in [6, 6.07) is 15.5. The zero-order valence-corrected chi connectivity index (χ0v) is 12.2. The fraction of sp³-hybridized carbons (Fsp3) is 0.167. The highest BCUT2D eigenvalue weighted by Gasteiger charge is 2.11. The Hall–Kier alpha value is -2.75. The van der Waals surface area contributed by atoms with E-state index in [-0.39, 0.29) is 18.1 Å². The Labute approximate surface area is 128 Å². The Morgan fingerprint density at radius 1 is 1.14 bits per heavy atom. The first-order valence-electron chi connectivity index (χ1n) is 7.26. The summed E-state index contributed by atoms with van der Waals surface area (Å²) in [6.07, 6.45) is 3.04. The smallest absolute Gasteiger partial charge is 0.221 e. The van der Waals surface area contributed by atoms with E-state index >= 15 is 0 Å². The van der Waals surface area contributed by atoms with Crippen LogP contribution in [-0.2, 0) is 24.2 Å². The molecule has 0 aliphatic rings. The molecule has 0 aliphatic carbocycles. The number of carbonyl (C=O) groups excluding carboxylic acids is 1. The lowest BCUT2D eigenvalue weighted by molar-refractivity contribution is -0.117. The molecule has 0 fully saturated rings. The van der Waals surface area contributed by atoms with E-state index in [1.54, 1.807) is 12.1 Å². The summed E-state index contributed by atoms with van der Waals surface area (Å²) in [4.78, 5) is 11.2. The maximum absolute atomic E-state index is 11.2. The number of carbonyl (C=O) groups is 1. The van der Waals surface area contributed by atoms with Gasteiger partial charge in [0.2, 0.25) is 5.91 Å². The number of hydrogen-bond acceptors (Lipinski definition) is 2. The van der Waals surface area contributed by atoms with E-state index in [4.69, 9.17) is 5.73 Å². The minimum absolute atomic E-state index is 0.179. The lowest BCUT2D eigenvalue weighted by Crippen LogP contribution is -2.13. The Morgan fingerprint density at radius 3 is 2.64 bits per heavy atom. The van der Waals surface area contributed by atoms with Gasteiger partial charge in [-0.3, -0.25) is 4.79 Å². The topological polar surface area (TPSA) is 68.2 Å². The molecule has 1 aromatic heterocycles. The van der Waals surface area contributed by atoms with Crippen LogP contribution in [0.15, 0.2) is 54.7 Å². The number of aryl methyl sites for hydroxylation is 2. The summed E-state index contributed by atoms with van der Waals surface area (Å²) < 4.78 is 2.11. The third kappa shape index (κ3) is 2.96. The number of phenols is 1. The summed E-state index contributed by atoms with van der Waals surface area (Å²) in [5, 5.41) is 10.6. The fourth-order valence-electron chi connectivity index (χ4n) is 2.77. The van der Waals surface area contributed by atoms with E-state index in [0.717, 1.165) is 29.4 Å². The number of nitrogens with two attached hydrogens (primary N) is 1. The molecule has 1 amide bonds. The molecule has 4 nitrogen and oxygen atoms in total. The summed E-state index contributed by atoms with van der Waals surface area (Å²) in [7, 11) is 0. The standard InChI is InChI=1S/C18H18N2O2/c19-18(22)10-14-12-20(9-8-13-4-2-1-3-5-13)17-7-6-15(21)11-16(14)17/h1-7,11-12,21H,8-10H2,(H2,19,22).